The number of amides is 2. The minimum absolute atomic E-state index is 0.164. The van der Waals surface area contributed by atoms with Crippen LogP contribution < -0.4 is 10.6 Å². The van der Waals surface area contributed by atoms with Gasteiger partial charge in [0, 0.05) is 37.1 Å². The van der Waals surface area contributed by atoms with Crippen molar-refractivity contribution in [1.82, 2.24) is 15.3 Å². The van der Waals surface area contributed by atoms with E-state index in [2.05, 4.69) is 20.6 Å². The highest BCUT2D eigenvalue weighted by atomic mass is 32.2. The van der Waals surface area contributed by atoms with Gasteiger partial charge in [-0.2, -0.15) is 0 Å². The Kier molecular flexibility index (Phi) is 7.45. The van der Waals surface area contributed by atoms with Crippen LogP contribution in [0.25, 0.3) is 0 Å². The van der Waals surface area contributed by atoms with Crippen molar-refractivity contribution in [1.29, 1.82) is 0 Å². The van der Waals surface area contributed by atoms with Crippen molar-refractivity contribution in [3.8, 4) is 0 Å². The van der Waals surface area contributed by atoms with E-state index in [-0.39, 0.29) is 24.4 Å². The average molecular weight is 428 g/mol. The summed E-state index contributed by atoms with van der Waals surface area (Å²) in [6.45, 7) is 0.181. The molecule has 0 radical (unpaired) electrons. The number of nitrogens with zero attached hydrogens (tertiary/aromatic N) is 2. The molecule has 0 bridgehead atoms. The minimum atomic E-state index is -0.928. The van der Waals surface area contributed by atoms with Gasteiger partial charge in [-0.25, -0.2) is 18.7 Å². The van der Waals surface area contributed by atoms with Gasteiger partial charge in [0.1, 0.15) is 21.7 Å². The molecular formula is C21H18F2N4O2S. The van der Waals surface area contributed by atoms with E-state index in [0.29, 0.717) is 23.2 Å². The summed E-state index contributed by atoms with van der Waals surface area (Å²) in [5.74, 6) is -2.56. The number of carbonyl (C=O) groups excluding carboxylic acids is 2. The lowest BCUT2D eigenvalue weighted by molar-refractivity contribution is -0.116. The molecule has 3 rings (SSSR count). The molecule has 0 aliphatic carbocycles. The molecule has 30 heavy (non-hydrogen) atoms. The predicted octanol–water partition coefficient (Wildman–Crippen LogP) is 4.05. The van der Waals surface area contributed by atoms with Gasteiger partial charge in [0.25, 0.3) is 5.91 Å². The first-order chi connectivity index (χ1) is 14.5. The van der Waals surface area contributed by atoms with Crippen molar-refractivity contribution in [2.45, 2.75) is 22.9 Å². The number of nitrogens with one attached hydrogen (secondary N) is 2. The number of aromatic nitrogens is 2. The normalized spacial score (nSPS) is 10.5. The van der Waals surface area contributed by atoms with Crippen molar-refractivity contribution in [3.63, 3.8) is 0 Å². The molecule has 0 aliphatic heterocycles. The molecule has 2 aromatic heterocycles. The molecular weight excluding hydrogens is 410 g/mol. The first-order valence-electron chi connectivity index (χ1n) is 9.09. The standard InChI is InChI=1S/C21H18F2N4O2S/c22-14-6-7-16(17(23)12-14)21(29)26-10-3-4-18(28)27-15-8-11-25-20(13-15)30-19-5-1-2-9-24-19/h1-2,5-9,11-13H,3-4,10H2,(H,26,29)(H,25,27,28). The van der Waals surface area contributed by atoms with Gasteiger partial charge in [-0.15, -0.1) is 0 Å². The third-order valence-electron chi connectivity index (χ3n) is 3.91. The average Bonchev–Trinajstić information content (AvgIpc) is 2.72. The molecule has 2 amide bonds. The number of hydrogen-bond donors (Lipinski definition) is 2. The van der Waals surface area contributed by atoms with E-state index in [1.54, 1.807) is 24.5 Å². The fourth-order valence-corrected chi connectivity index (χ4v) is 3.27. The van der Waals surface area contributed by atoms with Gasteiger partial charge in [0.15, 0.2) is 0 Å². The van der Waals surface area contributed by atoms with Crippen LogP contribution in [0.5, 0.6) is 0 Å². The van der Waals surface area contributed by atoms with Gasteiger partial charge in [-0.1, -0.05) is 17.8 Å². The van der Waals surface area contributed by atoms with Crippen LogP contribution in [0.1, 0.15) is 23.2 Å². The first-order valence-corrected chi connectivity index (χ1v) is 9.91. The Balaban J connectivity index is 1.43. The zero-order valence-electron chi connectivity index (χ0n) is 15.8. The van der Waals surface area contributed by atoms with Crippen LogP contribution in [0.15, 0.2) is 71.0 Å². The van der Waals surface area contributed by atoms with E-state index >= 15 is 0 Å². The predicted molar refractivity (Wildman–Crippen MR) is 109 cm³/mol. The maximum absolute atomic E-state index is 13.6. The zero-order valence-corrected chi connectivity index (χ0v) is 16.6. The van der Waals surface area contributed by atoms with Crippen molar-refractivity contribution >= 4 is 29.3 Å². The van der Waals surface area contributed by atoms with Crippen LogP contribution in [0.3, 0.4) is 0 Å². The van der Waals surface area contributed by atoms with Gasteiger partial charge in [0.05, 0.1) is 5.56 Å². The van der Waals surface area contributed by atoms with Gasteiger partial charge >= 0.3 is 0 Å². The molecule has 154 valence electrons. The Labute approximate surface area is 176 Å². The summed E-state index contributed by atoms with van der Waals surface area (Å²) in [6.07, 6.45) is 3.81. The molecule has 6 nitrogen and oxygen atoms in total. The van der Waals surface area contributed by atoms with Crippen molar-refractivity contribution < 1.29 is 18.4 Å². The second kappa shape index (κ2) is 10.4. The third-order valence-corrected chi connectivity index (χ3v) is 4.79. The van der Waals surface area contributed by atoms with E-state index in [4.69, 9.17) is 0 Å². The zero-order chi connectivity index (χ0) is 21.3. The minimum Gasteiger partial charge on any atom is -0.352 e. The molecule has 2 heterocycles. The lowest BCUT2D eigenvalue weighted by Crippen LogP contribution is -2.26. The summed E-state index contributed by atoms with van der Waals surface area (Å²) in [4.78, 5) is 32.5. The molecule has 0 fully saturated rings. The highest BCUT2D eigenvalue weighted by Gasteiger charge is 2.12. The Bertz CT molecular complexity index is 1030. The van der Waals surface area contributed by atoms with Crippen LogP contribution >= 0.6 is 11.8 Å². The number of rotatable bonds is 8. The number of halogens is 2. The number of carbonyl (C=O) groups is 2. The van der Waals surface area contributed by atoms with Crippen LogP contribution in [-0.4, -0.2) is 28.3 Å². The number of pyridine rings is 2. The Morgan fingerprint density at radius 2 is 1.80 bits per heavy atom. The smallest absolute Gasteiger partial charge is 0.254 e. The fraction of sp³-hybridized carbons (Fsp3) is 0.143. The lowest BCUT2D eigenvalue weighted by Gasteiger charge is -2.08. The third kappa shape index (κ3) is 6.35. The van der Waals surface area contributed by atoms with Gasteiger partial charge in [0.2, 0.25) is 5.91 Å². The molecule has 0 spiro atoms. The number of hydrogen-bond acceptors (Lipinski definition) is 5. The summed E-state index contributed by atoms with van der Waals surface area (Å²) in [5, 5.41) is 6.78. The lowest BCUT2D eigenvalue weighted by atomic mass is 10.2. The quantitative estimate of drug-likeness (QED) is 0.529. The second-order valence-corrected chi connectivity index (χ2v) is 7.23. The van der Waals surface area contributed by atoms with Crippen molar-refractivity contribution in [2.24, 2.45) is 0 Å². The highest BCUT2D eigenvalue weighted by Crippen LogP contribution is 2.25. The summed E-state index contributed by atoms with van der Waals surface area (Å²) in [7, 11) is 0. The van der Waals surface area contributed by atoms with Gasteiger partial charge in [-0.05, 0) is 42.8 Å². The molecule has 0 saturated carbocycles. The maximum Gasteiger partial charge on any atom is 0.254 e. The van der Waals surface area contributed by atoms with Gasteiger partial charge in [-0.3, -0.25) is 9.59 Å². The Morgan fingerprint density at radius 3 is 2.57 bits per heavy atom. The summed E-state index contributed by atoms with van der Waals surface area (Å²) >= 11 is 1.38. The van der Waals surface area contributed by atoms with E-state index in [1.807, 2.05) is 18.2 Å². The van der Waals surface area contributed by atoms with E-state index in [1.165, 1.54) is 11.8 Å². The van der Waals surface area contributed by atoms with E-state index in [9.17, 15) is 18.4 Å². The summed E-state index contributed by atoms with van der Waals surface area (Å²) in [6, 6.07) is 11.7. The molecule has 9 heteroatoms. The van der Waals surface area contributed by atoms with Crippen molar-refractivity contribution in [3.05, 3.63) is 78.1 Å². The maximum atomic E-state index is 13.6. The molecule has 0 atom stereocenters. The van der Waals surface area contributed by atoms with Crippen LogP contribution in [-0.2, 0) is 4.79 Å². The fourth-order valence-electron chi connectivity index (χ4n) is 2.50. The molecule has 2 N–H and O–H groups in total. The van der Waals surface area contributed by atoms with Crippen LogP contribution in [0.2, 0.25) is 0 Å². The Hall–Kier alpha value is -3.33. The van der Waals surface area contributed by atoms with E-state index in [0.717, 1.165) is 17.2 Å². The molecule has 0 saturated heterocycles. The van der Waals surface area contributed by atoms with Gasteiger partial charge < -0.3 is 10.6 Å². The topological polar surface area (TPSA) is 84.0 Å². The molecule has 1 aromatic carbocycles. The Morgan fingerprint density at radius 1 is 0.967 bits per heavy atom. The van der Waals surface area contributed by atoms with E-state index < -0.39 is 17.5 Å². The molecule has 3 aromatic rings. The summed E-state index contributed by atoms with van der Waals surface area (Å²) < 4.78 is 26.5. The van der Waals surface area contributed by atoms with Crippen LogP contribution in [0.4, 0.5) is 14.5 Å². The number of anilines is 1. The first kappa shape index (κ1) is 21.4. The van der Waals surface area contributed by atoms with Crippen molar-refractivity contribution in [2.75, 3.05) is 11.9 Å². The highest BCUT2D eigenvalue weighted by molar-refractivity contribution is 7.99. The largest absolute Gasteiger partial charge is 0.352 e. The SMILES string of the molecule is O=C(CCCNC(=O)c1ccc(F)cc1F)Nc1ccnc(Sc2ccccn2)c1. The molecule has 0 unspecified atom stereocenters. The van der Waals surface area contributed by atoms with Crippen LogP contribution in [0, 0.1) is 11.6 Å². The summed E-state index contributed by atoms with van der Waals surface area (Å²) in [5.41, 5.74) is 0.362. The monoisotopic (exact) mass is 428 g/mol. The number of benzene rings is 1. The molecule has 0 aliphatic rings. The second-order valence-electron chi connectivity index (χ2n) is 6.18.